The molecule has 202 valence electrons. The van der Waals surface area contributed by atoms with E-state index in [-0.39, 0.29) is 18.6 Å². The normalized spacial score (nSPS) is 15.8. The van der Waals surface area contributed by atoms with Gasteiger partial charge in [-0.05, 0) is 36.3 Å². The average molecular weight is 546 g/mol. The van der Waals surface area contributed by atoms with Gasteiger partial charge in [-0.15, -0.1) is 0 Å². The molecule has 4 rings (SSSR count). The number of rotatable bonds is 11. The smallest absolute Gasteiger partial charge is 0.319 e. The second-order valence-electron chi connectivity index (χ2n) is 8.98. The maximum absolute atomic E-state index is 11.5. The Hall–Kier alpha value is -3.98. The highest BCUT2D eigenvalue weighted by molar-refractivity contribution is 7.18. The van der Waals surface area contributed by atoms with E-state index in [1.807, 2.05) is 37.3 Å². The van der Waals surface area contributed by atoms with Gasteiger partial charge in [-0.25, -0.2) is 15.0 Å². The molecular formula is C28H31N7O3S. The fraction of sp³-hybridized carbons (Fsp3) is 0.357. The number of allylic oxidation sites excluding steroid dienone is 1. The number of fused-ring (bicyclic) bond motifs is 1. The summed E-state index contributed by atoms with van der Waals surface area (Å²) in [5.74, 6) is -0.842. The lowest BCUT2D eigenvalue weighted by atomic mass is 10.1. The highest BCUT2D eigenvalue weighted by Crippen LogP contribution is 2.30. The molecule has 1 aliphatic heterocycles. The fourth-order valence-corrected chi connectivity index (χ4v) is 5.00. The van der Waals surface area contributed by atoms with Gasteiger partial charge in [0.25, 0.3) is 0 Å². The first-order valence-corrected chi connectivity index (χ1v) is 13.4. The fourth-order valence-electron chi connectivity index (χ4n) is 4.04. The van der Waals surface area contributed by atoms with Gasteiger partial charge in [-0.1, -0.05) is 36.1 Å². The molecule has 11 heteroatoms. The van der Waals surface area contributed by atoms with Crippen molar-refractivity contribution in [2.75, 3.05) is 53.0 Å². The standard InChI is InChI=1S/C28H31N7O3S/c1-4-21(8-7-20(2)17-34-12-14-35(15-13-34)18-25(36)37-3)19-38-28-31-11-9-23(33-28)22(16-29)26-32-24-6-5-10-30-27(24)39-26/h4-11,22H,2,12-15,17-19H2,1,3H3. The van der Waals surface area contributed by atoms with Crippen LogP contribution in [0.25, 0.3) is 10.3 Å². The quantitative estimate of drug-likeness (QED) is 0.262. The van der Waals surface area contributed by atoms with Crippen molar-refractivity contribution in [2.24, 2.45) is 0 Å². The predicted molar refractivity (Wildman–Crippen MR) is 149 cm³/mol. The number of methoxy groups -OCH3 is 1. The number of esters is 1. The Morgan fingerprint density at radius 3 is 2.62 bits per heavy atom. The van der Waals surface area contributed by atoms with Gasteiger partial charge in [-0.3, -0.25) is 14.6 Å². The van der Waals surface area contributed by atoms with E-state index in [2.05, 4.69) is 42.4 Å². The van der Waals surface area contributed by atoms with E-state index in [4.69, 9.17) is 9.47 Å². The first kappa shape index (κ1) is 28.0. The van der Waals surface area contributed by atoms with Crippen molar-refractivity contribution in [3.05, 3.63) is 77.2 Å². The summed E-state index contributed by atoms with van der Waals surface area (Å²) in [4.78, 5) is 34.2. The molecule has 0 amide bonds. The third kappa shape index (κ3) is 7.77. The summed E-state index contributed by atoms with van der Waals surface area (Å²) in [6.07, 6.45) is 9.23. The molecule has 0 spiro atoms. The number of aromatic nitrogens is 4. The van der Waals surface area contributed by atoms with Crippen molar-refractivity contribution in [1.82, 2.24) is 29.7 Å². The van der Waals surface area contributed by atoms with Crippen LogP contribution >= 0.6 is 11.3 Å². The van der Waals surface area contributed by atoms with Crippen molar-refractivity contribution in [3.63, 3.8) is 0 Å². The lowest BCUT2D eigenvalue weighted by molar-refractivity contribution is -0.142. The van der Waals surface area contributed by atoms with Crippen LogP contribution in [0.1, 0.15) is 23.5 Å². The molecule has 4 heterocycles. The Morgan fingerprint density at radius 2 is 1.92 bits per heavy atom. The number of carbonyl (C=O) groups excluding carboxylic acids is 1. The second-order valence-corrected chi connectivity index (χ2v) is 9.99. The monoisotopic (exact) mass is 545 g/mol. The van der Waals surface area contributed by atoms with E-state index in [0.717, 1.165) is 54.2 Å². The van der Waals surface area contributed by atoms with Crippen LogP contribution < -0.4 is 4.74 Å². The van der Waals surface area contributed by atoms with Crippen LogP contribution in [0, 0.1) is 11.3 Å². The number of pyridine rings is 1. The first-order chi connectivity index (χ1) is 19.0. The summed E-state index contributed by atoms with van der Waals surface area (Å²) in [7, 11) is 1.41. The molecule has 3 aromatic heterocycles. The number of nitrogens with zero attached hydrogens (tertiary/aromatic N) is 7. The maximum atomic E-state index is 11.5. The van der Waals surface area contributed by atoms with E-state index >= 15 is 0 Å². The van der Waals surface area contributed by atoms with E-state index in [9.17, 15) is 10.1 Å². The van der Waals surface area contributed by atoms with Gasteiger partial charge in [0.2, 0.25) is 0 Å². The van der Waals surface area contributed by atoms with Gasteiger partial charge < -0.3 is 9.47 Å². The lowest BCUT2D eigenvalue weighted by Crippen LogP contribution is -2.48. The highest BCUT2D eigenvalue weighted by Gasteiger charge is 2.21. The van der Waals surface area contributed by atoms with Crippen LogP contribution in [-0.4, -0.2) is 88.7 Å². The number of ether oxygens (including phenoxy) is 2. The summed E-state index contributed by atoms with van der Waals surface area (Å²) in [5.41, 5.74) is 3.22. The summed E-state index contributed by atoms with van der Waals surface area (Å²) in [5, 5.41) is 10.5. The molecule has 0 saturated carbocycles. The van der Waals surface area contributed by atoms with Crippen molar-refractivity contribution in [2.45, 2.75) is 12.8 Å². The molecule has 39 heavy (non-hydrogen) atoms. The first-order valence-electron chi connectivity index (χ1n) is 12.6. The molecule has 3 aromatic rings. The van der Waals surface area contributed by atoms with Crippen LogP contribution in [0.15, 0.2) is 66.5 Å². The van der Waals surface area contributed by atoms with Gasteiger partial charge >= 0.3 is 12.0 Å². The molecule has 0 N–H and O–H groups in total. The second kappa shape index (κ2) is 13.7. The van der Waals surface area contributed by atoms with E-state index in [0.29, 0.717) is 17.2 Å². The molecule has 1 fully saturated rings. The minimum absolute atomic E-state index is 0.198. The summed E-state index contributed by atoms with van der Waals surface area (Å²) in [6, 6.07) is 7.89. The van der Waals surface area contributed by atoms with Crippen LogP contribution in [0.2, 0.25) is 0 Å². The van der Waals surface area contributed by atoms with Crippen molar-refractivity contribution in [1.29, 1.82) is 5.26 Å². The third-order valence-corrected chi connectivity index (χ3v) is 7.30. The van der Waals surface area contributed by atoms with Gasteiger partial charge in [-0.2, -0.15) is 10.2 Å². The number of piperazine rings is 1. The SMILES string of the molecule is C=C(C=CC(=CC)COc1nccc(C(C#N)c2nc3cccnc3s2)n1)CN1CCN(CC(=O)OC)CC1. The third-order valence-electron chi connectivity index (χ3n) is 6.25. The van der Waals surface area contributed by atoms with Gasteiger partial charge in [0.1, 0.15) is 27.9 Å². The Kier molecular flexibility index (Phi) is 9.85. The zero-order valence-electron chi connectivity index (χ0n) is 22.1. The summed E-state index contributed by atoms with van der Waals surface area (Å²) >= 11 is 1.38. The Bertz CT molecular complexity index is 1370. The Balaban J connectivity index is 1.29. The van der Waals surface area contributed by atoms with Crippen LogP contribution in [0.3, 0.4) is 0 Å². The van der Waals surface area contributed by atoms with Gasteiger partial charge in [0.15, 0.2) is 0 Å². The molecular weight excluding hydrogens is 514 g/mol. The molecule has 0 radical (unpaired) electrons. The molecule has 1 aliphatic rings. The molecule has 1 atom stereocenters. The van der Waals surface area contributed by atoms with Crippen LogP contribution in [0.4, 0.5) is 0 Å². The van der Waals surface area contributed by atoms with Gasteiger partial charge in [0, 0.05) is 45.1 Å². The molecule has 1 unspecified atom stereocenters. The summed E-state index contributed by atoms with van der Waals surface area (Å²) < 4.78 is 10.6. The number of nitriles is 1. The number of thiazole rings is 1. The van der Waals surface area contributed by atoms with Crippen molar-refractivity contribution < 1.29 is 14.3 Å². The Morgan fingerprint density at radius 1 is 1.15 bits per heavy atom. The van der Waals surface area contributed by atoms with E-state index in [1.54, 1.807) is 18.5 Å². The molecule has 0 aromatic carbocycles. The van der Waals surface area contributed by atoms with Crippen LogP contribution in [0.5, 0.6) is 6.01 Å². The largest absolute Gasteiger partial charge is 0.468 e. The van der Waals surface area contributed by atoms with Gasteiger partial charge in [0.05, 0.1) is 25.4 Å². The topological polar surface area (TPSA) is 117 Å². The zero-order chi connectivity index (χ0) is 27.6. The zero-order valence-corrected chi connectivity index (χ0v) is 22.9. The highest BCUT2D eigenvalue weighted by atomic mass is 32.1. The van der Waals surface area contributed by atoms with E-state index < -0.39 is 5.92 Å². The predicted octanol–water partition coefficient (Wildman–Crippen LogP) is 3.36. The van der Waals surface area contributed by atoms with Crippen LogP contribution in [-0.2, 0) is 9.53 Å². The minimum Gasteiger partial charge on any atom is -0.468 e. The molecule has 1 saturated heterocycles. The molecule has 0 bridgehead atoms. The molecule has 0 aliphatic carbocycles. The number of carbonyl (C=O) groups is 1. The summed E-state index contributed by atoms with van der Waals surface area (Å²) in [6.45, 7) is 10.9. The average Bonchev–Trinajstić information content (AvgIpc) is 3.38. The molecule has 10 nitrogen and oxygen atoms in total. The van der Waals surface area contributed by atoms with Crippen molar-refractivity contribution in [3.8, 4) is 12.1 Å². The van der Waals surface area contributed by atoms with Crippen molar-refractivity contribution >= 4 is 27.7 Å². The number of hydrogen-bond acceptors (Lipinski definition) is 11. The number of hydrogen-bond donors (Lipinski definition) is 0. The minimum atomic E-state index is -0.638. The lowest BCUT2D eigenvalue weighted by Gasteiger charge is -2.34. The van der Waals surface area contributed by atoms with E-state index in [1.165, 1.54) is 18.4 Å². The Labute approximate surface area is 231 Å². The maximum Gasteiger partial charge on any atom is 0.319 e.